The third kappa shape index (κ3) is 3.09. The standard InChI is InChI=1S/C16H12Cl2N4O4/c1-7-13(15(23)22(3)19-7)20-26-16(24)11-8(2)25-21-14(11)12-9(17)5-4-6-10(12)18/h4-6H,1-3H3/b20-13-. The van der Waals surface area contributed by atoms with Crippen LogP contribution in [-0.2, 0) is 9.63 Å². The van der Waals surface area contributed by atoms with Crippen LogP contribution in [0.4, 0.5) is 0 Å². The molecule has 2 heterocycles. The van der Waals surface area contributed by atoms with E-state index in [0.717, 1.165) is 5.01 Å². The van der Waals surface area contributed by atoms with Crippen molar-refractivity contribution in [1.82, 2.24) is 10.2 Å². The van der Waals surface area contributed by atoms with E-state index in [1.807, 2.05) is 0 Å². The third-order valence-electron chi connectivity index (χ3n) is 3.63. The van der Waals surface area contributed by atoms with Crippen LogP contribution in [0.15, 0.2) is 33.0 Å². The predicted molar refractivity (Wildman–Crippen MR) is 95.4 cm³/mol. The van der Waals surface area contributed by atoms with Crippen LogP contribution in [-0.4, -0.2) is 40.5 Å². The first-order valence-corrected chi connectivity index (χ1v) is 8.10. The Kier molecular flexibility index (Phi) is 4.80. The zero-order valence-electron chi connectivity index (χ0n) is 13.9. The number of nitrogens with zero attached hydrogens (tertiary/aromatic N) is 4. The maximum atomic E-state index is 12.5. The molecule has 1 aliphatic heterocycles. The molecule has 1 aliphatic rings. The van der Waals surface area contributed by atoms with Crippen molar-refractivity contribution in [3.8, 4) is 11.3 Å². The van der Waals surface area contributed by atoms with Gasteiger partial charge in [0.25, 0.3) is 5.91 Å². The summed E-state index contributed by atoms with van der Waals surface area (Å²) in [5.74, 6) is -1.15. The topological polar surface area (TPSA) is 97.4 Å². The Morgan fingerprint density at radius 1 is 1.27 bits per heavy atom. The molecule has 0 saturated heterocycles. The molecular weight excluding hydrogens is 383 g/mol. The summed E-state index contributed by atoms with van der Waals surface area (Å²) in [6.07, 6.45) is 0. The number of carbonyl (C=O) groups excluding carboxylic acids is 2. The summed E-state index contributed by atoms with van der Waals surface area (Å²) >= 11 is 12.3. The van der Waals surface area contributed by atoms with Crippen molar-refractivity contribution in [2.45, 2.75) is 13.8 Å². The zero-order valence-corrected chi connectivity index (χ0v) is 15.4. The lowest BCUT2D eigenvalue weighted by atomic mass is 10.1. The zero-order chi connectivity index (χ0) is 19.0. The number of amides is 1. The van der Waals surface area contributed by atoms with E-state index < -0.39 is 11.9 Å². The smallest absolute Gasteiger partial charge is 0.360 e. The van der Waals surface area contributed by atoms with Gasteiger partial charge in [-0.15, -0.1) is 0 Å². The lowest BCUT2D eigenvalue weighted by molar-refractivity contribution is -0.122. The van der Waals surface area contributed by atoms with Crippen molar-refractivity contribution >= 4 is 46.5 Å². The number of hydrazone groups is 1. The van der Waals surface area contributed by atoms with Gasteiger partial charge in [0.05, 0.1) is 15.8 Å². The second-order valence-electron chi connectivity index (χ2n) is 5.39. The molecule has 3 rings (SSSR count). The van der Waals surface area contributed by atoms with Crippen LogP contribution >= 0.6 is 23.2 Å². The summed E-state index contributed by atoms with van der Waals surface area (Å²) in [5.41, 5.74) is 0.747. The first-order chi connectivity index (χ1) is 12.3. The van der Waals surface area contributed by atoms with Crippen molar-refractivity contribution in [2.75, 3.05) is 7.05 Å². The average Bonchev–Trinajstić information content (AvgIpc) is 3.06. The molecule has 0 radical (unpaired) electrons. The van der Waals surface area contributed by atoms with Crippen molar-refractivity contribution in [2.24, 2.45) is 10.3 Å². The highest BCUT2D eigenvalue weighted by molar-refractivity contribution is 6.68. The Bertz CT molecular complexity index is 960. The molecule has 0 saturated carbocycles. The molecule has 1 amide bonds. The van der Waals surface area contributed by atoms with Crippen molar-refractivity contribution in [3.05, 3.63) is 39.6 Å². The van der Waals surface area contributed by atoms with Crippen LogP contribution in [0, 0.1) is 6.92 Å². The Hall–Kier alpha value is -2.71. The molecule has 0 bridgehead atoms. The maximum absolute atomic E-state index is 12.5. The summed E-state index contributed by atoms with van der Waals surface area (Å²) in [4.78, 5) is 29.3. The number of halogens is 2. The second kappa shape index (κ2) is 6.89. The molecule has 0 fully saturated rings. The highest BCUT2D eigenvalue weighted by atomic mass is 35.5. The van der Waals surface area contributed by atoms with Crippen LogP contribution < -0.4 is 0 Å². The minimum atomic E-state index is -0.864. The van der Waals surface area contributed by atoms with E-state index in [9.17, 15) is 9.59 Å². The molecule has 2 aromatic rings. The number of hydrogen-bond donors (Lipinski definition) is 0. The highest BCUT2D eigenvalue weighted by Gasteiger charge is 2.30. The maximum Gasteiger partial charge on any atom is 0.371 e. The summed E-state index contributed by atoms with van der Waals surface area (Å²) in [7, 11) is 1.47. The van der Waals surface area contributed by atoms with Crippen LogP contribution in [0.25, 0.3) is 11.3 Å². The number of oxime groups is 1. The van der Waals surface area contributed by atoms with Gasteiger partial charge in [0.2, 0.25) is 0 Å². The minimum Gasteiger partial charge on any atom is -0.360 e. The van der Waals surface area contributed by atoms with E-state index >= 15 is 0 Å². The van der Waals surface area contributed by atoms with E-state index in [1.54, 1.807) is 25.1 Å². The summed E-state index contributed by atoms with van der Waals surface area (Å²) in [5, 5.41) is 13.1. The van der Waals surface area contributed by atoms with E-state index in [-0.39, 0.29) is 22.7 Å². The second-order valence-corrected chi connectivity index (χ2v) is 6.21. The molecule has 8 nitrogen and oxygen atoms in total. The lowest BCUT2D eigenvalue weighted by Gasteiger charge is -2.05. The van der Waals surface area contributed by atoms with Crippen LogP contribution in [0.2, 0.25) is 10.0 Å². The van der Waals surface area contributed by atoms with Gasteiger partial charge in [-0.3, -0.25) is 4.79 Å². The van der Waals surface area contributed by atoms with Gasteiger partial charge in [0, 0.05) is 12.6 Å². The molecule has 1 aromatic heterocycles. The molecule has 1 aromatic carbocycles. The van der Waals surface area contributed by atoms with Crippen molar-refractivity contribution in [3.63, 3.8) is 0 Å². The number of rotatable bonds is 3. The summed E-state index contributed by atoms with van der Waals surface area (Å²) < 4.78 is 5.10. The van der Waals surface area contributed by atoms with Gasteiger partial charge in [0.1, 0.15) is 17.0 Å². The van der Waals surface area contributed by atoms with E-state index in [0.29, 0.717) is 21.3 Å². The van der Waals surface area contributed by atoms with Gasteiger partial charge >= 0.3 is 5.97 Å². The third-order valence-corrected chi connectivity index (χ3v) is 4.26. The molecule has 26 heavy (non-hydrogen) atoms. The van der Waals surface area contributed by atoms with Gasteiger partial charge in [-0.25, -0.2) is 9.80 Å². The molecule has 0 aliphatic carbocycles. The lowest BCUT2D eigenvalue weighted by Crippen LogP contribution is -2.24. The molecular formula is C16H12Cl2N4O4. The fraction of sp³-hybridized carbons (Fsp3) is 0.188. The molecule has 0 atom stereocenters. The van der Waals surface area contributed by atoms with Crippen LogP contribution in [0.5, 0.6) is 0 Å². The Morgan fingerprint density at radius 2 is 1.92 bits per heavy atom. The monoisotopic (exact) mass is 394 g/mol. The van der Waals surface area contributed by atoms with Gasteiger partial charge in [-0.1, -0.05) is 39.6 Å². The largest absolute Gasteiger partial charge is 0.371 e. The number of aromatic nitrogens is 1. The first-order valence-electron chi connectivity index (χ1n) is 7.35. The Labute approximate surface area is 158 Å². The quantitative estimate of drug-likeness (QED) is 0.587. The first kappa shape index (κ1) is 18.1. The van der Waals surface area contributed by atoms with Gasteiger partial charge in [-0.05, 0) is 26.0 Å². The van der Waals surface area contributed by atoms with Crippen LogP contribution in [0.1, 0.15) is 23.0 Å². The normalized spacial score (nSPS) is 15.6. The van der Waals surface area contributed by atoms with E-state index in [4.69, 9.17) is 32.6 Å². The van der Waals surface area contributed by atoms with Crippen molar-refractivity contribution in [1.29, 1.82) is 0 Å². The molecule has 0 N–H and O–H groups in total. The number of carbonyl (C=O) groups is 2. The fourth-order valence-electron chi connectivity index (χ4n) is 2.37. The molecule has 0 unspecified atom stereocenters. The molecule has 0 spiro atoms. The fourth-order valence-corrected chi connectivity index (χ4v) is 2.95. The van der Waals surface area contributed by atoms with Gasteiger partial charge in [0.15, 0.2) is 5.71 Å². The highest BCUT2D eigenvalue weighted by Crippen LogP contribution is 2.36. The molecule has 10 heteroatoms. The summed E-state index contributed by atoms with van der Waals surface area (Å²) in [6, 6.07) is 4.87. The predicted octanol–water partition coefficient (Wildman–Crippen LogP) is 3.32. The van der Waals surface area contributed by atoms with Crippen molar-refractivity contribution < 1.29 is 18.9 Å². The number of hydrogen-bond acceptors (Lipinski definition) is 7. The van der Waals surface area contributed by atoms with Gasteiger partial charge < -0.3 is 9.36 Å². The minimum absolute atomic E-state index is 0.0118. The van der Waals surface area contributed by atoms with E-state index in [1.165, 1.54) is 14.0 Å². The molecule has 134 valence electrons. The Morgan fingerprint density at radius 3 is 2.50 bits per heavy atom. The van der Waals surface area contributed by atoms with E-state index in [2.05, 4.69) is 15.4 Å². The SMILES string of the molecule is CC1=NN(C)C(=O)/C1=N\OC(=O)c1c(-c2c(Cl)cccc2Cl)noc1C. The average molecular weight is 395 g/mol. The number of aryl methyl sites for hydroxylation is 1. The number of benzene rings is 1. The summed E-state index contributed by atoms with van der Waals surface area (Å²) in [6.45, 7) is 3.11. The Balaban J connectivity index is 1.96. The van der Waals surface area contributed by atoms with Crippen LogP contribution in [0.3, 0.4) is 0 Å². The van der Waals surface area contributed by atoms with Gasteiger partial charge in [-0.2, -0.15) is 5.10 Å².